The number of hydrogen-bond donors (Lipinski definition) is 2. The first-order valence-electron chi connectivity index (χ1n) is 7.37. The van der Waals surface area contributed by atoms with Gasteiger partial charge in [-0.25, -0.2) is 0 Å². The van der Waals surface area contributed by atoms with Gasteiger partial charge in [0.1, 0.15) is 0 Å². The highest BCUT2D eigenvalue weighted by molar-refractivity contribution is 8.00. The lowest BCUT2D eigenvalue weighted by Crippen LogP contribution is -2.46. The normalized spacial score (nSPS) is 26.9. The van der Waals surface area contributed by atoms with Crippen LogP contribution in [0.5, 0.6) is 0 Å². The third-order valence-corrected chi connectivity index (χ3v) is 5.65. The van der Waals surface area contributed by atoms with Crippen LogP contribution in [0, 0.1) is 0 Å². The van der Waals surface area contributed by atoms with E-state index in [1.807, 2.05) is 11.8 Å². The van der Waals surface area contributed by atoms with Crippen LogP contribution in [0.2, 0.25) is 0 Å². The maximum Gasteiger partial charge on any atom is 0.221 e. The molecule has 0 spiro atoms. The van der Waals surface area contributed by atoms with Gasteiger partial charge in [-0.15, -0.1) is 0 Å². The highest BCUT2D eigenvalue weighted by Crippen LogP contribution is 2.37. The minimum absolute atomic E-state index is 0.155. The Morgan fingerprint density at radius 3 is 2.84 bits per heavy atom. The molecule has 2 fully saturated rings. The molecule has 1 amide bonds. The van der Waals surface area contributed by atoms with Crippen molar-refractivity contribution in [3.63, 3.8) is 0 Å². The summed E-state index contributed by atoms with van der Waals surface area (Å²) in [6.07, 6.45) is 9.12. The standard InChI is InChI=1S/C14H26N2O2S/c1-19-14(5-3-2-4-6-14)11-16-13(17)9-12-10-18-8-7-15-12/h12,15H,2-11H2,1H3,(H,16,17). The van der Waals surface area contributed by atoms with Crippen LogP contribution in [0.1, 0.15) is 38.5 Å². The number of morpholine rings is 1. The van der Waals surface area contributed by atoms with Crippen molar-refractivity contribution in [3.8, 4) is 0 Å². The molecule has 4 nitrogen and oxygen atoms in total. The number of carbonyl (C=O) groups excluding carboxylic acids is 1. The van der Waals surface area contributed by atoms with Crippen LogP contribution >= 0.6 is 11.8 Å². The van der Waals surface area contributed by atoms with Crippen molar-refractivity contribution in [2.75, 3.05) is 32.6 Å². The third-order valence-electron chi connectivity index (χ3n) is 4.24. The van der Waals surface area contributed by atoms with E-state index < -0.39 is 0 Å². The largest absolute Gasteiger partial charge is 0.378 e. The summed E-state index contributed by atoms with van der Waals surface area (Å²) in [4.78, 5) is 12.0. The fourth-order valence-corrected chi connectivity index (χ4v) is 3.87. The summed E-state index contributed by atoms with van der Waals surface area (Å²) < 4.78 is 5.65. The minimum atomic E-state index is 0.155. The molecule has 1 unspecified atom stereocenters. The molecule has 1 aliphatic heterocycles. The molecule has 1 saturated heterocycles. The second-order valence-electron chi connectivity index (χ2n) is 5.65. The van der Waals surface area contributed by atoms with Gasteiger partial charge in [-0.2, -0.15) is 11.8 Å². The first-order valence-corrected chi connectivity index (χ1v) is 8.60. The lowest BCUT2D eigenvalue weighted by molar-refractivity contribution is -0.122. The Morgan fingerprint density at radius 2 is 2.21 bits per heavy atom. The smallest absolute Gasteiger partial charge is 0.221 e. The molecule has 0 aromatic rings. The zero-order valence-electron chi connectivity index (χ0n) is 11.9. The van der Waals surface area contributed by atoms with E-state index in [4.69, 9.17) is 4.74 Å². The second kappa shape index (κ2) is 7.50. The van der Waals surface area contributed by atoms with Gasteiger partial charge in [0.05, 0.1) is 13.2 Å². The van der Waals surface area contributed by atoms with E-state index in [9.17, 15) is 4.79 Å². The zero-order chi connectivity index (χ0) is 13.6. The van der Waals surface area contributed by atoms with E-state index in [1.54, 1.807) is 0 Å². The minimum Gasteiger partial charge on any atom is -0.378 e. The van der Waals surface area contributed by atoms with Gasteiger partial charge in [-0.3, -0.25) is 4.79 Å². The predicted molar refractivity (Wildman–Crippen MR) is 79.6 cm³/mol. The van der Waals surface area contributed by atoms with Crippen LogP contribution in [0.25, 0.3) is 0 Å². The highest BCUT2D eigenvalue weighted by Gasteiger charge is 2.31. The molecule has 0 radical (unpaired) electrons. The summed E-state index contributed by atoms with van der Waals surface area (Å²) in [5, 5.41) is 6.46. The number of thioether (sulfide) groups is 1. The summed E-state index contributed by atoms with van der Waals surface area (Å²) in [7, 11) is 0. The van der Waals surface area contributed by atoms with Gasteiger partial charge >= 0.3 is 0 Å². The monoisotopic (exact) mass is 286 g/mol. The molecule has 0 aromatic heterocycles. The first-order chi connectivity index (χ1) is 9.24. The van der Waals surface area contributed by atoms with Gasteiger partial charge in [-0.1, -0.05) is 19.3 Å². The van der Waals surface area contributed by atoms with E-state index in [2.05, 4.69) is 16.9 Å². The maximum atomic E-state index is 12.0. The number of ether oxygens (including phenoxy) is 1. The summed E-state index contributed by atoms with van der Waals surface area (Å²) in [6, 6.07) is 0.185. The molecule has 110 valence electrons. The average Bonchev–Trinajstić information content (AvgIpc) is 2.47. The van der Waals surface area contributed by atoms with Crippen molar-refractivity contribution in [1.82, 2.24) is 10.6 Å². The fraction of sp³-hybridized carbons (Fsp3) is 0.929. The zero-order valence-corrected chi connectivity index (χ0v) is 12.7. The number of amides is 1. The predicted octanol–water partition coefficient (Wildman–Crippen LogP) is 1.55. The SMILES string of the molecule is CSC1(CNC(=O)CC2COCCN2)CCCCC1. The van der Waals surface area contributed by atoms with Crippen LogP contribution in [0.4, 0.5) is 0 Å². The quantitative estimate of drug-likeness (QED) is 0.805. The molecule has 1 aliphatic carbocycles. The molecule has 0 bridgehead atoms. The molecular formula is C14H26N2O2S. The molecule has 1 heterocycles. The summed E-state index contributed by atoms with van der Waals surface area (Å²) in [6.45, 7) is 3.09. The Morgan fingerprint density at radius 1 is 1.42 bits per heavy atom. The molecule has 5 heteroatoms. The Hall–Kier alpha value is -0.260. The van der Waals surface area contributed by atoms with Crippen LogP contribution in [-0.2, 0) is 9.53 Å². The summed E-state index contributed by atoms with van der Waals surface area (Å²) in [5.41, 5.74) is 0. The molecule has 19 heavy (non-hydrogen) atoms. The number of carbonyl (C=O) groups is 1. The molecule has 1 saturated carbocycles. The molecule has 1 atom stereocenters. The maximum absolute atomic E-state index is 12.0. The average molecular weight is 286 g/mol. The van der Waals surface area contributed by atoms with E-state index in [-0.39, 0.29) is 16.7 Å². The molecule has 2 rings (SSSR count). The van der Waals surface area contributed by atoms with Crippen molar-refractivity contribution >= 4 is 17.7 Å². The van der Waals surface area contributed by atoms with Crippen molar-refractivity contribution in [3.05, 3.63) is 0 Å². The number of nitrogens with one attached hydrogen (secondary N) is 2. The Balaban J connectivity index is 1.72. The van der Waals surface area contributed by atoms with Crippen molar-refractivity contribution < 1.29 is 9.53 Å². The van der Waals surface area contributed by atoms with E-state index in [1.165, 1.54) is 32.1 Å². The lowest BCUT2D eigenvalue weighted by Gasteiger charge is -2.36. The van der Waals surface area contributed by atoms with Crippen molar-refractivity contribution in [2.45, 2.75) is 49.3 Å². The fourth-order valence-electron chi connectivity index (χ4n) is 2.96. The Labute approximate surface area is 120 Å². The lowest BCUT2D eigenvalue weighted by atomic mass is 9.88. The van der Waals surface area contributed by atoms with Crippen LogP contribution in [-0.4, -0.2) is 49.3 Å². The van der Waals surface area contributed by atoms with Crippen LogP contribution < -0.4 is 10.6 Å². The first kappa shape index (κ1) is 15.1. The Kier molecular flexibility index (Phi) is 5.98. The third kappa shape index (κ3) is 4.65. The van der Waals surface area contributed by atoms with Gasteiger partial charge in [0, 0.05) is 30.3 Å². The molecular weight excluding hydrogens is 260 g/mol. The van der Waals surface area contributed by atoms with Gasteiger partial charge in [0.25, 0.3) is 0 Å². The topological polar surface area (TPSA) is 50.4 Å². The second-order valence-corrected chi connectivity index (χ2v) is 6.93. The van der Waals surface area contributed by atoms with Crippen LogP contribution in [0.3, 0.4) is 0 Å². The number of rotatable bonds is 5. The molecule has 2 N–H and O–H groups in total. The van der Waals surface area contributed by atoms with Crippen molar-refractivity contribution in [1.29, 1.82) is 0 Å². The summed E-state index contributed by atoms with van der Waals surface area (Å²) >= 11 is 1.93. The van der Waals surface area contributed by atoms with Crippen molar-refractivity contribution in [2.24, 2.45) is 0 Å². The number of hydrogen-bond acceptors (Lipinski definition) is 4. The Bertz CT molecular complexity index is 287. The van der Waals surface area contributed by atoms with Gasteiger partial charge in [0.15, 0.2) is 0 Å². The van der Waals surface area contributed by atoms with E-state index in [0.717, 1.165) is 19.7 Å². The van der Waals surface area contributed by atoms with E-state index >= 15 is 0 Å². The van der Waals surface area contributed by atoms with Gasteiger partial charge in [-0.05, 0) is 19.1 Å². The highest BCUT2D eigenvalue weighted by atomic mass is 32.2. The van der Waals surface area contributed by atoms with Gasteiger partial charge < -0.3 is 15.4 Å². The van der Waals surface area contributed by atoms with E-state index in [0.29, 0.717) is 13.0 Å². The molecule has 0 aromatic carbocycles. The van der Waals surface area contributed by atoms with Crippen LogP contribution in [0.15, 0.2) is 0 Å². The van der Waals surface area contributed by atoms with Gasteiger partial charge in [0.2, 0.25) is 5.91 Å². The summed E-state index contributed by atoms with van der Waals surface area (Å²) in [5.74, 6) is 0.155. The molecule has 2 aliphatic rings.